The lowest BCUT2D eigenvalue weighted by Gasteiger charge is -2.06. The molecule has 0 aliphatic heterocycles. The Labute approximate surface area is 137 Å². The first kappa shape index (κ1) is 15.0. The number of furan rings is 1. The van der Waals surface area contributed by atoms with Gasteiger partial charge in [-0.1, -0.05) is 0 Å². The number of carbonyl (C=O) groups is 2. The number of anilines is 1. The van der Waals surface area contributed by atoms with Gasteiger partial charge in [-0.2, -0.15) is 0 Å². The van der Waals surface area contributed by atoms with Gasteiger partial charge in [0.1, 0.15) is 0 Å². The zero-order valence-corrected chi connectivity index (χ0v) is 13.9. The van der Waals surface area contributed by atoms with E-state index in [-0.39, 0.29) is 18.2 Å². The van der Waals surface area contributed by atoms with Crippen molar-refractivity contribution in [2.75, 3.05) is 11.9 Å². The summed E-state index contributed by atoms with van der Waals surface area (Å²) in [7, 11) is 0. The van der Waals surface area contributed by atoms with Gasteiger partial charge in [-0.05, 0) is 74.9 Å². The second-order valence-corrected chi connectivity index (χ2v) is 5.87. The van der Waals surface area contributed by atoms with E-state index in [0.29, 0.717) is 10.4 Å². The van der Waals surface area contributed by atoms with Crippen LogP contribution in [0.3, 0.4) is 0 Å². The molecule has 5 nitrogen and oxygen atoms in total. The first-order valence-corrected chi connectivity index (χ1v) is 7.51. The van der Waals surface area contributed by atoms with Gasteiger partial charge in [0.05, 0.1) is 6.54 Å². The minimum Gasteiger partial charge on any atom is -0.444 e. The predicted octanol–water partition coefficient (Wildman–Crippen LogP) is 3.02. The maximum atomic E-state index is 11.7. The number of hydrogen-bond acceptors (Lipinski definition) is 3. The summed E-state index contributed by atoms with van der Waals surface area (Å²) >= 11 is 5.28. The van der Waals surface area contributed by atoms with Crippen LogP contribution in [0.1, 0.15) is 10.6 Å². The molecular weight excluding hydrogens is 439 g/mol. The lowest BCUT2D eigenvalue weighted by molar-refractivity contribution is -0.115. The van der Waals surface area contributed by atoms with Crippen LogP contribution < -0.4 is 10.6 Å². The van der Waals surface area contributed by atoms with E-state index in [0.717, 1.165) is 3.57 Å². The number of hydrogen-bond donors (Lipinski definition) is 2. The second-order valence-electron chi connectivity index (χ2n) is 3.84. The van der Waals surface area contributed by atoms with Crippen LogP contribution in [0, 0.1) is 3.57 Å². The van der Waals surface area contributed by atoms with E-state index in [1.807, 2.05) is 12.1 Å². The zero-order valence-electron chi connectivity index (χ0n) is 10.2. The molecule has 0 bridgehead atoms. The highest BCUT2D eigenvalue weighted by atomic mass is 127. The van der Waals surface area contributed by atoms with Gasteiger partial charge < -0.3 is 15.1 Å². The molecule has 1 aromatic carbocycles. The maximum absolute atomic E-state index is 11.7. The molecule has 104 valence electrons. The molecule has 0 aliphatic rings. The average molecular weight is 449 g/mol. The third-order valence-corrected chi connectivity index (χ3v) is 3.48. The van der Waals surface area contributed by atoms with Crippen LogP contribution in [-0.4, -0.2) is 18.4 Å². The Bertz CT molecular complexity index is 625. The number of rotatable bonds is 4. The third kappa shape index (κ3) is 4.34. The van der Waals surface area contributed by atoms with Crippen LogP contribution in [0.25, 0.3) is 0 Å². The van der Waals surface area contributed by atoms with E-state index in [1.54, 1.807) is 18.2 Å². The molecule has 1 aromatic heterocycles. The van der Waals surface area contributed by atoms with Crippen LogP contribution in [0.5, 0.6) is 0 Å². The fourth-order valence-corrected chi connectivity index (χ4v) is 2.09. The molecule has 7 heteroatoms. The van der Waals surface area contributed by atoms with E-state index < -0.39 is 5.91 Å². The monoisotopic (exact) mass is 448 g/mol. The summed E-state index contributed by atoms with van der Waals surface area (Å²) in [5.41, 5.74) is 0.686. The number of benzene rings is 1. The Kier molecular flexibility index (Phi) is 5.18. The molecule has 20 heavy (non-hydrogen) atoms. The lowest BCUT2D eigenvalue weighted by Crippen LogP contribution is -2.32. The number of carbonyl (C=O) groups excluding carboxylic acids is 2. The van der Waals surface area contributed by atoms with Gasteiger partial charge in [0, 0.05) is 9.26 Å². The Morgan fingerprint density at radius 2 is 1.85 bits per heavy atom. The molecule has 1 heterocycles. The van der Waals surface area contributed by atoms with E-state index in [2.05, 4.69) is 49.2 Å². The van der Waals surface area contributed by atoms with Gasteiger partial charge in [0.25, 0.3) is 5.91 Å². The van der Waals surface area contributed by atoms with Crippen molar-refractivity contribution in [3.63, 3.8) is 0 Å². The van der Waals surface area contributed by atoms with Crippen molar-refractivity contribution in [2.45, 2.75) is 0 Å². The van der Waals surface area contributed by atoms with Crippen molar-refractivity contribution in [1.82, 2.24) is 5.32 Å². The topological polar surface area (TPSA) is 71.3 Å². The quantitative estimate of drug-likeness (QED) is 0.706. The molecule has 0 saturated heterocycles. The first-order valence-electron chi connectivity index (χ1n) is 5.63. The molecule has 0 fully saturated rings. The van der Waals surface area contributed by atoms with Crippen molar-refractivity contribution in [3.8, 4) is 0 Å². The zero-order chi connectivity index (χ0) is 14.5. The normalized spacial score (nSPS) is 10.1. The fraction of sp³-hybridized carbons (Fsp3) is 0.0769. The van der Waals surface area contributed by atoms with Crippen molar-refractivity contribution < 1.29 is 14.0 Å². The molecule has 0 unspecified atom stereocenters. The van der Waals surface area contributed by atoms with Crippen molar-refractivity contribution >= 4 is 56.0 Å². The first-order chi connectivity index (χ1) is 9.54. The highest BCUT2D eigenvalue weighted by Crippen LogP contribution is 2.13. The van der Waals surface area contributed by atoms with E-state index in [1.165, 1.54) is 6.07 Å². The Morgan fingerprint density at radius 3 is 2.45 bits per heavy atom. The molecule has 2 aromatic rings. The van der Waals surface area contributed by atoms with Crippen molar-refractivity contribution in [2.24, 2.45) is 0 Å². The van der Waals surface area contributed by atoms with Crippen LogP contribution >= 0.6 is 38.5 Å². The van der Waals surface area contributed by atoms with Gasteiger partial charge in [-0.25, -0.2) is 0 Å². The van der Waals surface area contributed by atoms with Crippen LogP contribution in [0.2, 0.25) is 0 Å². The van der Waals surface area contributed by atoms with Gasteiger partial charge >= 0.3 is 0 Å². The predicted molar refractivity (Wildman–Crippen MR) is 86.5 cm³/mol. The number of halogens is 2. The summed E-state index contributed by atoms with van der Waals surface area (Å²) in [5.74, 6) is -0.586. The summed E-state index contributed by atoms with van der Waals surface area (Å²) in [6.45, 7) is -0.122. The molecular formula is C13H10BrIN2O3. The van der Waals surface area contributed by atoms with Crippen molar-refractivity contribution in [1.29, 1.82) is 0 Å². The van der Waals surface area contributed by atoms with E-state index in [9.17, 15) is 9.59 Å². The SMILES string of the molecule is O=C(CNC(=O)c1ccc(Br)o1)Nc1ccc(I)cc1. The molecule has 0 radical (unpaired) electrons. The third-order valence-electron chi connectivity index (χ3n) is 2.33. The Morgan fingerprint density at radius 1 is 1.15 bits per heavy atom. The fourth-order valence-electron chi connectivity index (χ4n) is 1.42. The minimum atomic E-state index is -0.437. The van der Waals surface area contributed by atoms with Gasteiger partial charge in [-0.15, -0.1) is 0 Å². The van der Waals surface area contributed by atoms with Gasteiger partial charge in [0.2, 0.25) is 5.91 Å². The summed E-state index contributed by atoms with van der Waals surface area (Å²) < 4.78 is 6.63. The Hall–Kier alpha value is -1.35. The van der Waals surface area contributed by atoms with Crippen LogP contribution in [-0.2, 0) is 4.79 Å². The smallest absolute Gasteiger partial charge is 0.287 e. The number of amides is 2. The summed E-state index contributed by atoms with van der Waals surface area (Å²) in [6, 6.07) is 10.5. The largest absolute Gasteiger partial charge is 0.444 e. The average Bonchev–Trinajstić information content (AvgIpc) is 2.85. The minimum absolute atomic E-state index is 0.122. The highest BCUT2D eigenvalue weighted by Gasteiger charge is 2.11. The summed E-state index contributed by atoms with van der Waals surface area (Å²) in [5, 5.41) is 5.16. The highest BCUT2D eigenvalue weighted by molar-refractivity contribution is 14.1. The van der Waals surface area contributed by atoms with Gasteiger partial charge in [0.15, 0.2) is 10.4 Å². The summed E-state index contributed by atoms with van der Waals surface area (Å²) in [6.07, 6.45) is 0. The molecule has 2 rings (SSSR count). The van der Waals surface area contributed by atoms with E-state index in [4.69, 9.17) is 4.42 Å². The molecule has 0 aliphatic carbocycles. The number of nitrogens with one attached hydrogen (secondary N) is 2. The molecule has 0 atom stereocenters. The van der Waals surface area contributed by atoms with E-state index >= 15 is 0 Å². The Balaban J connectivity index is 1.83. The molecule has 0 spiro atoms. The maximum Gasteiger partial charge on any atom is 0.287 e. The van der Waals surface area contributed by atoms with Crippen molar-refractivity contribution in [3.05, 3.63) is 50.4 Å². The van der Waals surface area contributed by atoms with Crippen LogP contribution in [0.15, 0.2) is 45.5 Å². The lowest BCUT2D eigenvalue weighted by atomic mass is 10.3. The molecule has 0 saturated carbocycles. The molecule has 2 N–H and O–H groups in total. The summed E-state index contributed by atoms with van der Waals surface area (Å²) in [4.78, 5) is 23.3. The molecule has 2 amide bonds. The standard InChI is InChI=1S/C13H10BrIN2O3/c14-11-6-5-10(20-11)13(19)16-7-12(18)17-9-3-1-8(15)2-4-9/h1-6H,7H2,(H,16,19)(H,17,18). The van der Waals surface area contributed by atoms with Crippen LogP contribution in [0.4, 0.5) is 5.69 Å². The second kappa shape index (κ2) is 6.89. The van der Waals surface area contributed by atoms with Gasteiger partial charge in [-0.3, -0.25) is 9.59 Å².